The average molecular weight is 345 g/mol. The van der Waals surface area contributed by atoms with Crippen LogP contribution < -0.4 is 9.46 Å². The van der Waals surface area contributed by atoms with Crippen molar-refractivity contribution in [3.05, 3.63) is 52.6 Å². The molecule has 0 amide bonds. The number of fused-ring (bicyclic) bond motifs is 1. The van der Waals surface area contributed by atoms with E-state index in [2.05, 4.69) is 4.72 Å². The lowest BCUT2D eigenvalue weighted by molar-refractivity contribution is 0.401. The number of aryl methyl sites for hydroxylation is 3. The Kier molecular flexibility index (Phi) is 4.54. The molecule has 0 aliphatic heterocycles. The zero-order valence-corrected chi connectivity index (χ0v) is 15.2. The quantitative estimate of drug-likeness (QED) is 0.911. The highest BCUT2D eigenvalue weighted by Crippen LogP contribution is 2.33. The molecule has 5 heteroatoms. The summed E-state index contributed by atoms with van der Waals surface area (Å²) in [5.41, 5.74) is 4.90. The second-order valence-corrected chi connectivity index (χ2v) is 7.98. The molecule has 0 bridgehead atoms. The van der Waals surface area contributed by atoms with Crippen LogP contribution in [0.2, 0.25) is 0 Å². The molecule has 0 unspecified atom stereocenters. The van der Waals surface area contributed by atoms with Crippen molar-refractivity contribution in [1.29, 1.82) is 0 Å². The fourth-order valence-electron chi connectivity index (χ4n) is 3.17. The van der Waals surface area contributed by atoms with Gasteiger partial charge in [-0.25, -0.2) is 8.42 Å². The zero-order valence-electron chi connectivity index (χ0n) is 14.3. The third-order valence-electron chi connectivity index (χ3n) is 4.77. The maximum absolute atomic E-state index is 12.9. The van der Waals surface area contributed by atoms with Gasteiger partial charge in [0.1, 0.15) is 10.6 Å². The molecule has 0 fully saturated rings. The molecule has 0 saturated heterocycles. The fraction of sp³-hybridized carbons (Fsp3) is 0.368. The first-order chi connectivity index (χ1) is 11.4. The molecule has 1 aliphatic carbocycles. The Morgan fingerprint density at radius 2 is 1.71 bits per heavy atom. The number of sulfonamides is 1. The predicted octanol–water partition coefficient (Wildman–Crippen LogP) is 3.99. The van der Waals surface area contributed by atoms with Crippen LogP contribution in [-0.2, 0) is 22.9 Å². The summed E-state index contributed by atoms with van der Waals surface area (Å²) >= 11 is 0. The number of anilines is 1. The van der Waals surface area contributed by atoms with Gasteiger partial charge in [-0.15, -0.1) is 0 Å². The van der Waals surface area contributed by atoms with Crippen molar-refractivity contribution in [2.45, 2.75) is 44.4 Å². The number of methoxy groups -OCH3 is 1. The molecule has 24 heavy (non-hydrogen) atoms. The monoisotopic (exact) mass is 345 g/mol. The first-order valence-corrected chi connectivity index (χ1v) is 9.69. The lowest BCUT2D eigenvalue weighted by atomic mass is 9.92. The number of hydrogen-bond acceptors (Lipinski definition) is 3. The van der Waals surface area contributed by atoms with Gasteiger partial charge >= 0.3 is 0 Å². The average Bonchev–Trinajstić information content (AvgIpc) is 2.57. The number of benzene rings is 2. The van der Waals surface area contributed by atoms with E-state index in [1.54, 1.807) is 12.1 Å². The third kappa shape index (κ3) is 3.13. The molecule has 1 aliphatic rings. The molecule has 0 atom stereocenters. The van der Waals surface area contributed by atoms with Gasteiger partial charge in [0.2, 0.25) is 0 Å². The van der Waals surface area contributed by atoms with Gasteiger partial charge in [-0.2, -0.15) is 0 Å². The van der Waals surface area contributed by atoms with Gasteiger partial charge in [-0.3, -0.25) is 4.72 Å². The molecule has 4 nitrogen and oxygen atoms in total. The van der Waals surface area contributed by atoms with Crippen LogP contribution in [0.3, 0.4) is 0 Å². The van der Waals surface area contributed by atoms with E-state index >= 15 is 0 Å². The maximum Gasteiger partial charge on any atom is 0.265 e. The first-order valence-electron chi connectivity index (χ1n) is 8.21. The van der Waals surface area contributed by atoms with E-state index in [1.165, 1.54) is 12.7 Å². The van der Waals surface area contributed by atoms with Gasteiger partial charge in [-0.1, -0.05) is 12.1 Å². The summed E-state index contributed by atoms with van der Waals surface area (Å²) in [5, 5.41) is 0. The van der Waals surface area contributed by atoms with Crippen LogP contribution in [0.4, 0.5) is 5.69 Å². The highest BCUT2D eigenvalue weighted by molar-refractivity contribution is 7.92. The number of nitrogens with one attached hydrogen (secondary N) is 1. The van der Waals surface area contributed by atoms with Crippen molar-refractivity contribution in [3.8, 4) is 5.75 Å². The highest BCUT2D eigenvalue weighted by atomic mass is 32.2. The normalized spacial score (nSPS) is 14.1. The molecule has 0 heterocycles. The predicted molar refractivity (Wildman–Crippen MR) is 96.4 cm³/mol. The van der Waals surface area contributed by atoms with Crippen molar-refractivity contribution in [1.82, 2.24) is 0 Å². The molecular formula is C19H23NO3S. The molecule has 1 N–H and O–H groups in total. The van der Waals surface area contributed by atoms with E-state index in [0.29, 0.717) is 11.4 Å². The molecule has 0 aromatic heterocycles. The van der Waals surface area contributed by atoms with E-state index < -0.39 is 10.0 Å². The fourth-order valence-corrected chi connectivity index (χ4v) is 4.50. The van der Waals surface area contributed by atoms with Crippen LogP contribution in [-0.4, -0.2) is 15.5 Å². The molecule has 2 aromatic rings. The number of hydrogen-bond donors (Lipinski definition) is 1. The van der Waals surface area contributed by atoms with Crippen molar-refractivity contribution in [2.24, 2.45) is 0 Å². The van der Waals surface area contributed by atoms with Gasteiger partial charge in [-0.05, 0) is 80.0 Å². The number of ether oxygens (including phenoxy) is 1. The van der Waals surface area contributed by atoms with Crippen LogP contribution in [0.5, 0.6) is 5.75 Å². The second-order valence-electron chi connectivity index (χ2n) is 6.33. The van der Waals surface area contributed by atoms with Gasteiger partial charge in [0.15, 0.2) is 0 Å². The van der Waals surface area contributed by atoms with Crippen molar-refractivity contribution < 1.29 is 13.2 Å². The number of rotatable bonds is 4. The smallest absolute Gasteiger partial charge is 0.265 e. The minimum Gasteiger partial charge on any atom is -0.495 e. The summed E-state index contributed by atoms with van der Waals surface area (Å²) in [7, 11) is -2.19. The molecule has 128 valence electrons. The topological polar surface area (TPSA) is 55.4 Å². The largest absolute Gasteiger partial charge is 0.495 e. The zero-order chi connectivity index (χ0) is 17.3. The molecule has 2 aromatic carbocycles. The SMILES string of the molecule is COc1cc2c(cc1S(=O)(=O)Nc1cccc(C)c1C)CCCC2. The summed E-state index contributed by atoms with van der Waals surface area (Å²) in [4.78, 5) is 0.214. The summed E-state index contributed by atoms with van der Waals surface area (Å²) < 4.78 is 34.0. The van der Waals surface area contributed by atoms with E-state index in [0.717, 1.165) is 42.4 Å². The van der Waals surface area contributed by atoms with Crippen LogP contribution >= 0.6 is 0 Å². The molecule has 3 rings (SSSR count). The van der Waals surface area contributed by atoms with Crippen LogP contribution in [0.25, 0.3) is 0 Å². The van der Waals surface area contributed by atoms with Gasteiger partial charge < -0.3 is 4.74 Å². The lowest BCUT2D eigenvalue weighted by Crippen LogP contribution is -2.16. The Balaban J connectivity index is 2.04. The summed E-state index contributed by atoms with van der Waals surface area (Å²) in [5.74, 6) is 0.411. The molecule has 0 spiro atoms. The minimum absolute atomic E-state index is 0.214. The molecule has 0 radical (unpaired) electrons. The maximum atomic E-state index is 12.9. The lowest BCUT2D eigenvalue weighted by Gasteiger charge is -2.20. The van der Waals surface area contributed by atoms with Crippen LogP contribution in [0.15, 0.2) is 35.2 Å². The summed E-state index contributed by atoms with van der Waals surface area (Å²) in [6.45, 7) is 3.88. The Morgan fingerprint density at radius 3 is 2.38 bits per heavy atom. The Bertz CT molecular complexity index is 872. The van der Waals surface area contributed by atoms with Crippen molar-refractivity contribution in [3.63, 3.8) is 0 Å². The van der Waals surface area contributed by atoms with Crippen LogP contribution in [0, 0.1) is 13.8 Å². The standard InChI is InChI=1S/C19H23NO3S/c1-13-7-6-10-17(14(13)2)20-24(21,22)19-12-16-9-5-4-8-15(16)11-18(19)23-3/h6-7,10-12,20H,4-5,8-9H2,1-3H3. The van der Waals surface area contributed by atoms with E-state index in [1.807, 2.05) is 32.0 Å². The minimum atomic E-state index is -3.70. The van der Waals surface area contributed by atoms with Crippen molar-refractivity contribution in [2.75, 3.05) is 11.8 Å². The van der Waals surface area contributed by atoms with Gasteiger partial charge in [0, 0.05) is 0 Å². The van der Waals surface area contributed by atoms with E-state index in [4.69, 9.17) is 4.74 Å². The molecule has 0 saturated carbocycles. The Hall–Kier alpha value is -2.01. The van der Waals surface area contributed by atoms with Gasteiger partial charge in [0.25, 0.3) is 10.0 Å². The van der Waals surface area contributed by atoms with E-state index in [-0.39, 0.29) is 4.90 Å². The van der Waals surface area contributed by atoms with E-state index in [9.17, 15) is 8.42 Å². The summed E-state index contributed by atoms with van der Waals surface area (Å²) in [6, 6.07) is 9.26. The Morgan fingerprint density at radius 1 is 1.04 bits per heavy atom. The molecular weight excluding hydrogens is 322 g/mol. The van der Waals surface area contributed by atoms with Crippen LogP contribution in [0.1, 0.15) is 35.1 Å². The van der Waals surface area contributed by atoms with Gasteiger partial charge in [0.05, 0.1) is 12.8 Å². The second kappa shape index (κ2) is 6.48. The first kappa shape index (κ1) is 16.8. The summed E-state index contributed by atoms with van der Waals surface area (Å²) in [6.07, 6.45) is 4.15. The highest BCUT2D eigenvalue weighted by Gasteiger charge is 2.24. The van der Waals surface area contributed by atoms with Crippen molar-refractivity contribution >= 4 is 15.7 Å². The third-order valence-corrected chi connectivity index (χ3v) is 6.15. The Labute approximate surface area is 143 Å².